The predicted molar refractivity (Wildman–Crippen MR) is 313 cm³/mol. The van der Waals surface area contributed by atoms with Gasteiger partial charge in [0.1, 0.15) is 11.0 Å². The lowest BCUT2D eigenvalue weighted by atomic mass is 9.67. The van der Waals surface area contributed by atoms with E-state index in [1.54, 1.807) is 0 Å². The molecule has 378 valence electrons. The summed E-state index contributed by atoms with van der Waals surface area (Å²) in [6.45, 7) is 31.1. The number of oxazole rings is 2. The Hall–Kier alpha value is -7.70. The predicted octanol–water partition coefficient (Wildman–Crippen LogP) is 19.1. The van der Waals surface area contributed by atoms with Gasteiger partial charge in [-0.2, -0.15) is 0 Å². The second kappa shape index (κ2) is 17.7. The monoisotopic (exact) mass is 987 g/mol. The van der Waals surface area contributed by atoms with Crippen molar-refractivity contribution in [2.75, 3.05) is 9.80 Å². The lowest BCUT2D eigenvalue weighted by molar-refractivity contribution is 0.558. The van der Waals surface area contributed by atoms with Crippen LogP contribution < -0.4 is 9.80 Å². The van der Waals surface area contributed by atoms with E-state index >= 15 is 0 Å². The Kier molecular flexibility index (Phi) is 11.7. The normalized spacial score (nSPS) is 13.6. The van der Waals surface area contributed by atoms with Crippen molar-refractivity contribution in [2.45, 2.75) is 124 Å². The van der Waals surface area contributed by atoms with Crippen LogP contribution in [0.3, 0.4) is 0 Å². The van der Waals surface area contributed by atoms with E-state index in [0.717, 1.165) is 78.5 Å². The van der Waals surface area contributed by atoms with Gasteiger partial charge in [-0.05, 0) is 127 Å². The Bertz CT molecular complexity index is 3360. The lowest BCUT2D eigenvalue weighted by Crippen LogP contribution is -2.29. The van der Waals surface area contributed by atoms with E-state index < -0.39 is 5.41 Å². The first kappa shape index (κ1) is 49.5. The van der Waals surface area contributed by atoms with Gasteiger partial charge in [0.05, 0.1) is 16.8 Å². The minimum Gasteiger partial charge on any atom is -0.440 e. The lowest BCUT2D eigenvalue weighted by Gasteiger charge is -2.36. The molecule has 0 amide bonds. The average Bonchev–Trinajstić information content (AvgIpc) is 4.14. The van der Waals surface area contributed by atoms with Gasteiger partial charge in [0.2, 0.25) is 0 Å². The second-order valence-electron chi connectivity index (χ2n) is 24.8. The van der Waals surface area contributed by atoms with E-state index in [1.165, 1.54) is 22.3 Å². The molecule has 6 nitrogen and oxygen atoms in total. The maximum Gasteiger partial charge on any atom is 0.192 e. The Labute approximate surface area is 444 Å². The molecule has 0 atom stereocenters. The molecule has 1 aliphatic carbocycles. The number of hydrogen-bond acceptors (Lipinski definition) is 6. The molecule has 10 aromatic rings. The summed E-state index contributed by atoms with van der Waals surface area (Å²) in [6, 6.07) is 62.9. The molecule has 0 radical (unpaired) electrons. The molecule has 0 fully saturated rings. The van der Waals surface area contributed by atoms with Crippen molar-refractivity contribution >= 4 is 56.3 Å². The third-order valence-corrected chi connectivity index (χ3v) is 15.4. The molecule has 0 unspecified atom stereocenters. The van der Waals surface area contributed by atoms with Crippen molar-refractivity contribution in [2.24, 2.45) is 0 Å². The largest absolute Gasteiger partial charge is 0.440 e. The highest BCUT2D eigenvalue weighted by Gasteiger charge is 2.51. The van der Waals surface area contributed by atoms with Gasteiger partial charge < -0.3 is 18.6 Å². The van der Waals surface area contributed by atoms with Crippen molar-refractivity contribution in [3.63, 3.8) is 0 Å². The van der Waals surface area contributed by atoms with E-state index in [1.807, 2.05) is 13.8 Å². The molecule has 0 aliphatic heterocycles. The van der Waals surface area contributed by atoms with E-state index in [9.17, 15) is 0 Å². The van der Waals surface area contributed by atoms with Crippen molar-refractivity contribution in [1.82, 2.24) is 9.97 Å². The zero-order valence-corrected chi connectivity index (χ0v) is 46.3. The maximum atomic E-state index is 7.06. The highest BCUT2D eigenvalue weighted by molar-refractivity contribution is 6.14. The third-order valence-electron chi connectivity index (χ3n) is 15.4. The van der Waals surface area contributed by atoms with Crippen molar-refractivity contribution in [3.05, 3.63) is 226 Å². The number of fused-ring (bicyclic) bond motifs is 7. The Morgan fingerprint density at radius 3 is 0.880 bits per heavy atom. The molecule has 11 rings (SSSR count). The quantitative estimate of drug-likeness (QED) is 0.151. The highest BCUT2D eigenvalue weighted by atomic mass is 16.4. The van der Waals surface area contributed by atoms with Crippen molar-refractivity contribution in [1.29, 1.82) is 0 Å². The third kappa shape index (κ3) is 8.43. The molecule has 8 aromatic carbocycles. The van der Waals surface area contributed by atoms with Crippen molar-refractivity contribution in [3.8, 4) is 11.1 Å². The van der Waals surface area contributed by atoms with Gasteiger partial charge in [0.15, 0.2) is 22.9 Å². The van der Waals surface area contributed by atoms with Gasteiger partial charge in [-0.15, -0.1) is 0 Å². The number of hydrogen-bond donors (Lipinski definition) is 0. The Morgan fingerprint density at radius 1 is 0.360 bits per heavy atom. The molecule has 0 bridgehead atoms. The molecular weight excluding hydrogens is 917 g/mol. The fourth-order valence-corrected chi connectivity index (χ4v) is 11.4. The van der Waals surface area contributed by atoms with Crippen LogP contribution in [0.5, 0.6) is 0 Å². The molecule has 0 spiro atoms. The minimum atomic E-state index is -0.893. The van der Waals surface area contributed by atoms with Gasteiger partial charge >= 0.3 is 0 Å². The fourth-order valence-electron chi connectivity index (χ4n) is 11.4. The summed E-state index contributed by atoms with van der Waals surface area (Å²) < 4.78 is 14.1. The fraction of sp³-hybridized carbons (Fsp3) is 0.275. The van der Waals surface area contributed by atoms with Crippen LogP contribution in [0.2, 0.25) is 0 Å². The number of rotatable bonds is 8. The van der Waals surface area contributed by atoms with Crippen molar-refractivity contribution < 1.29 is 8.83 Å². The van der Waals surface area contributed by atoms with Gasteiger partial charge in [0.25, 0.3) is 0 Å². The molecule has 6 heteroatoms. The van der Waals surface area contributed by atoms with Gasteiger partial charge in [0, 0.05) is 47.7 Å². The van der Waals surface area contributed by atoms with Crippen LogP contribution >= 0.6 is 0 Å². The summed E-state index contributed by atoms with van der Waals surface area (Å²) in [5, 5.41) is 0. The summed E-state index contributed by atoms with van der Waals surface area (Å²) in [4.78, 5) is 15.4. The van der Waals surface area contributed by atoms with Crippen LogP contribution in [-0.4, -0.2) is 9.97 Å². The van der Waals surface area contributed by atoms with Crippen LogP contribution in [-0.2, 0) is 27.1 Å². The Balaban J connectivity index is 1.27. The van der Waals surface area contributed by atoms with Crippen LogP contribution in [0, 0.1) is 13.8 Å². The molecule has 2 aromatic heterocycles. The first-order valence-electron chi connectivity index (χ1n) is 26.6. The average molecular weight is 987 g/mol. The molecule has 0 saturated heterocycles. The van der Waals surface area contributed by atoms with E-state index in [0.29, 0.717) is 22.9 Å². The molecule has 75 heavy (non-hydrogen) atoms. The molecule has 0 saturated carbocycles. The summed E-state index contributed by atoms with van der Waals surface area (Å²) in [6.07, 6.45) is 0. The summed E-state index contributed by atoms with van der Waals surface area (Å²) in [7, 11) is 0. The number of anilines is 6. The van der Waals surface area contributed by atoms with Crippen LogP contribution in [0.25, 0.3) is 33.3 Å². The number of aryl methyl sites for hydroxylation is 2. The van der Waals surface area contributed by atoms with E-state index in [4.69, 9.17) is 18.8 Å². The molecule has 0 N–H and O–H groups in total. The van der Waals surface area contributed by atoms with Crippen LogP contribution in [0.1, 0.15) is 139 Å². The van der Waals surface area contributed by atoms with E-state index in [2.05, 4.69) is 263 Å². The highest BCUT2D eigenvalue weighted by Crippen LogP contribution is 2.63. The van der Waals surface area contributed by atoms with Crippen LogP contribution in [0.15, 0.2) is 179 Å². The molecule has 1 aliphatic rings. The van der Waals surface area contributed by atoms with E-state index in [-0.39, 0.29) is 21.7 Å². The first-order chi connectivity index (χ1) is 35.5. The second-order valence-corrected chi connectivity index (χ2v) is 24.8. The topological polar surface area (TPSA) is 58.5 Å². The zero-order valence-electron chi connectivity index (χ0n) is 46.3. The Morgan fingerprint density at radius 2 is 0.627 bits per heavy atom. The van der Waals surface area contributed by atoms with Gasteiger partial charge in [-0.25, -0.2) is 9.97 Å². The molecular formula is C69H70N4O2. The summed E-state index contributed by atoms with van der Waals surface area (Å²) in [5.74, 6) is 1.16. The maximum absolute atomic E-state index is 7.06. The number of benzene rings is 8. The minimum absolute atomic E-state index is 0.0247. The van der Waals surface area contributed by atoms with Crippen LogP contribution in [0.4, 0.5) is 34.1 Å². The summed E-state index contributed by atoms with van der Waals surface area (Å²) in [5.41, 5.74) is 19.2. The SMILES string of the molecule is Cc1nc2c(N(c3ccc(C(C)(C)C)cc3)c3ccc(C(C)(C)C)cc3)cc3c(c2o1)-c1c(cc(N(c2ccc(C(C)(C)C)cc2)c2ccc(C(C)(C)C)cc2)c2nc(C)oc12)C3(c1ccccc1)c1ccccc1. The standard InChI is InChI=1S/C69H70N4O2/c1-43-70-61-57(72(51-33-25-45(26-34-51)65(3,4)5)52-35-27-46(28-36-52)66(6,7)8)41-55-59(63(61)74-43)60-56(69(55,49-21-17-15-18-22-49)50-23-19-16-20-24-50)42-58(62-64(60)75-44(2)71-62)73(53-37-29-47(30-38-53)67(9,10)11)54-39-31-48(32-40-54)68(12,13)14/h15-42H,1-14H3. The van der Waals surface area contributed by atoms with Gasteiger partial charge in [-0.1, -0.05) is 192 Å². The smallest absolute Gasteiger partial charge is 0.192 e. The zero-order chi connectivity index (χ0) is 53.0. The number of nitrogens with zero attached hydrogens (tertiary/aromatic N) is 4. The van der Waals surface area contributed by atoms with Gasteiger partial charge in [-0.3, -0.25) is 0 Å². The molecule has 2 heterocycles. The first-order valence-corrected chi connectivity index (χ1v) is 26.6. The summed E-state index contributed by atoms with van der Waals surface area (Å²) >= 11 is 0. The number of aromatic nitrogens is 2.